The van der Waals surface area contributed by atoms with Gasteiger partial charge in [0.15, 0.2) is 0 Å². The Morgan fingerprint density at radius 3 is 2.70 bits per heavy atom. The normalized spacial score (nSPS) is 16.2. The predicted octanol–water partition coefficient (Wildman–Crippen LogP) is 4.18. The molecule has 5 rings (SSSR count). The van der Waals surface area contributed by atoms with Crippen molar-refractivity contribution in [2.45, 2.75) is 32.9 Å². The van der Waals surface area contributed by atoms with Crippen LogP contribution in [0.3, 0.4) is 0 Å². The molecule has 0 radical (unpaired) electrons. The summed E-state index contributed by atoms with van der Waals surface area (Å²) in [6.45, 7) is 7.91. The highest BCUT2D eigenvalue weighted by Crippen LogP contribution is 2.37. The number of nitrogens with one attached hydrogen (secondary N) is 2. The number of aryl methyl sites for hydroxylation is 1. The summed E-state index contributed by atoms with van der Waals surface area (Å²) in [5.41, 5.74) is 13.9. The van der Waals surface area contributed by atoms with Gasteiger partial charge in [-0.15, -0.1) is 0 Å². The molecule has 0 spiro atoms. The quantitative estimate of drug-likeness (QED) is 0.507. The molecule has 33 heavy (non-hydrogen) atoms. The first-order chi connectivity index (χ1) is 15.9. The minimum absolute atomic E-state index is 0.258. The number of rotatable bonds is 4. The molecule has 1 fully saturated rings. The van der Waals surface area contributed by atoms with E-state index in [-0.39, 0.29) is 5.91 Å². The second-order valence-electron chi connectivity index (χ2n) is 8.92. The lowest BCUT2D eigenvalue weighted by molar-refractivity contribution is 0.101. The number of anilines is 2. The second kappa shape index (κ2) is 8.78. The number of pyridine rings is 1. The molecule has 170 valence electrons. The fourth-order valence-corrected chi connectivity index (χ4v) is 4.97. The van der Waals surface area contributed by atoms with Crippen molar-refractivity contribution in [1.82, 2.24) is 15.2 Å². The standard InChI is InChI=1S/C26H28ClN5O/c1-15-11-23(30-24-14-32(10-9-18(15)24)17-12-29-13-17)26(33)31-22-8-4-6-20(25(22)27)19-5-3-7-21(28)16(19)2/h3-8,11,17,29H,9-10,12-14,28H2,1-2H3,(H,31,33). The van der Waals surface area contributed by atoms with E-state index in [0.29, 0.717) is 28.1 Å². The highest BCUT2D eigenvalue weighted by molar-refractivity contribution is 6.36. The lowest BCUT2D eigenvalue weighted by atomic mass is 9.96. The van der Waals surface area contributed by atoms with Gasteiger partial charge in [0, 0.05) is 43.5 Å². The summed E-state index contributed by atoms with van der Waals surface area (Å²) in [6, 6.07) is 13.8. The van der Waals surface area contributed by atoms with E-state index in [0.717, 1.165) is 60.5 Å². The zero-order valence-electron chi connectivity index (χ0n) is 18.9. The number of nitrogens with two attached hydrogens (primary N) is 1. The monoisotopic (exact) mass is 461 g/mol. The van der Waals surface area contributed by atoms with Crippen LogP contribution in [-0.4, -0.2) is 41.5 Å². The Balaban J connectivity index is 1.41. The Morgan fingerprint density at radius 1 is 1.18 bits per heavy atom. The number of carbonyl (C=O) groups excluding carboxylic acids is 1. The van der Waals surface area contributed by atoms with Gasteiger partial charge in [-0.25, -0.2) is 4.98 Å². The number of aromatic nitrogens is 1. The van der Waals surface area contributed by atoms with Gasteiger partial charge in [0.2, 0.25) is 0 Å². The molecule has 0 saturated carbocycles. The van der Waals surface area contributed by atoms with E-state index in [1.54, 1.807) is 0 Å². The largest absolute Gasteiger partial charge is 0.398 e. The Morgan fingerprint density at radius 2 is 1.94 bits per heavy atom. The molecule has 2 aliphatic rings. The average molecular weight is 462 g/mol. The van der Waals surface area contributed by atoms with Crippen LogP contribution in [0, 0.1) is 13.8 Å². The summed E-state index contributed by atoms with van der Waals surface area (Å²) in [4.78, 5) is 20.4. The topological polar surface area (TPSA) is 83.3 Å². The molecule has 0 unspecified atom stereocenters. The molecule has 0 aliphatic carbocycles. The molecule has 0 bridgehead atoms. The number of benzene rings is 2. The van der Waals surface area contributed by atoms with Gasteiger partial charge < -0.3 is 16.4 Å². The smallest absolute Gasteiger partial charge is 0.274 e. The Labute approximate surface area is 199 Å². The van der Waals surface area contributed by atoms with Crippen LogP contribution in [-0.2, 0) is 13.0 Å². The van der Waals surface area contributed by atoms with E-state index >= 15 is 0 Å². The third kappa shape index (κ3) is 4.10. The van der Waals surface area contributed by atoms with Crippen LogP contribution in [0.15, 0.2) is 42.5 Å². The van der Waals surface area contributed by atoms with Crippen LogP contribution in [0.5, 0.6) is 0 Å². The number of amides is 1. The maximum atomic E-state index is 13.2. The number of carbonyl (C=O) groups is 1. The van der Waals surface area contributed by atoms with E-state index in [9.17, 15) is 4.79 Å². The molecule has 7 heteroatoms. The number of hydrogen-bond acceptors (Lipinski definition) is 5. The van der Waals surface area contributed by atoms with Crippen molar-refractivity contribution >= 4 is 28.9 Å². The van der Waals surface area contributed by atoms with Crippen molar-refractivity contribution in [2.75, 3.05) is 30.7 Å². The van der Waals surface area contributed by atoms with Crippen molar-refractivity contribution in [3.05, 3.63) is 75.6 Å². The predicted molar refractivity (Wildman–Crippen MR) is 134 cm³/mol. The third-order valence-corrected chi connectivity index (χ3v) is 7.26. The highest BCUT2D eigenvalue weighted by atomic mass is 35.5. The minimum Gasteiger partial charge on any atom is -0.398 e. The molecule has 2 aliphatic heterocycles. The molecule has 0 atom stereocenters. The van der Waals surface area contributed by atoms with Gasteiger partial charge in [0.25, 0.3) is 5.91 Å². The summed E-state index contributed by atoms with van der Waals surface area (Å²) in [5.74, 6) is -0.258. The SMILES string of the molecule is Cc1cc(C(=O)Nc2cccc(-c3cccc(N)c3C)c2Cl)nc2c1CCN(C1CNC1)C2. The summed E-state index contributed by atoms with van der Waals surface area (Å²) >= 11 is 6.73. The highest BCUT2D eigenvalue weighted by Gasteiger charge is 2.29. The molecule has 2 aromatic carbocycles. The van der Waals surface area contributed by atoms with Gasteiger partial charge in [0.1, 0.15) is 5.69 Å². The van der Waals surface area contributed by atoms with Crippen molar-refractivity contribution in [1.29, 1.82) is 0 Å². The lowest BCUT2D eigenvalue weighted by Crippen LogP contribution is -2.58. The van der Waals surface area contributed by atoms with Crippen molar-refractivity contribution in [2.24, 2.45) is 0 Å². The summed E-state index contributed by atoms with van der Waals surface area (Å²) < 4.78 is 0. The Kier molecular flexibility index (Phi) is 5.83. The summed E-state index contributed by atoms with van der Waals surface area (Å²) in [5, 5.41) is 6.79. The maximum Gasteiger partial charge on any atom is 0.274 e. The number of nitrogen functional groups attached to an aromatic ring is 1. The minimum atomic E-state index is -0.258. The van der Waals surface area contributed by atoms with E-state index < -0.39 is 0 Å². The zero-order chi connectivity index (χ0) is 23.1. The van der Waals surface area contributed by atoms with Crippen molar-refractivity contribution in [3.63, 3.8) is 0 Å². The van der Waals surface area contributed by atoms with E-state index in [2.05, 4.69) is 22.5 Å². The van der Waals surface area contributed by atoms with Gasteiger partial charge in [-0.1, -0.05) is 35.9 Å². The fraction of sp³-hybridized carbons (Fsp3) is 0.308. The summed E-state index contributed by atoms with van der Waals surface area (Å²) in [7, 11) is 0. The molecule has 1 aromatic heterocycles. The molecule has 3 aromatic rings. The third-order valence-electron chi connectivity index (χ3n) is 6.86. The van der Waals surface area contributed by atoms with Gasteiger partial charge in [-0.3, -0.25) is 9.69 Å². The van der Waals surface area contributed by atoms with Gasteiger partial charge in [-0.2, -0.15) is 0 Å². The molecule has 1 amide bonds. The molecule has 4 N–H and O–H groups in total. The van der Waals surface area contributed by atoms with Gasteiger partial charge >= 0.3 is 0 Å². The molecule has 3 heterocycles. The van der Waals surface area contributed by atoms with Crippen molar-refractivity contribution < 1.29 is 4.79 Å². The van der Waals surface area contributed by atoms with E-state index in [1.807, 2.05) is 49.4 Å². The van der Waals surface area contributed by atoms with E-state index in [1.165, 1.54) is 5.56 Å². The fourth-order valence-electron chi connectivity index (χ4n) is 4.69. The van der Waals surface area contributed by atoms with Crippen LogP contribution >= 0.6 is 11.6 Å². The average Bonchev–Trinajstić information content (AvgIpc) is 2.76. The van der Waals surface area contributed by atoms with Crippen LogP contribution in [0.2, 0.25) is 5.02 Å². The van der Waals surface area contributed by atoms with Crippen molar-refractivity contribution in [3.8, 4) is 11.1 Å². The Hall–Kier alpha value is -2.93. The molecule has 1 saturated heterocycles. The second-order valence-corrected chi connectivity index (χ2v) is 9.30. The number of halogens is 1. The van der Waals surface area contributed by atoms with Gasteiger partial charge in [0.05, 0.1) is 16.4 Å². The summed E-state index contributed by atoms with van der Waals surface area (Å²) in [6.07, 6.45) is 0.972. The van der Waals surface area contributed by atoms with Crippen LogP contribution in [0.1, 0.15) is 32.9 Å². The van der Waals surface area contributed by atoms with Crippen LogP contribution in [0.4, 0.5) is 11.4 Å². The van der Waals surface area contributed by atoms with Crippen LogP contribution in [0.25, 0.3) is 11.1 Å². The van der Waals surface area contributed by atoms with E-state index in [4.69, 9.17) is 22.3 Å². The number of hydrogen-bond donors (Lipinski definition) is 3. The first kappa shape index (κ1) is 21.9. The lowest BCUT2D eigenvalue weighted by Gasteiger charge is -2.40. The first-order valence-corrected chi connectivity index (χ1v) is 11.7. The van der Waals surface area contributed by atoms with Crippen LogP contribution < -0.4 is 16.4 Å². The maximum absolute atomic E-state index is 13.2. The first-order valence-electron chi connectivity index (χ1n) is 11.3. The zero-order valence-corrected chi connectivity index (χ0v) is 19.7. The molecular weight excluding hydrogens is 434 g/mol. The van der Waals surface area contributed by atoms with Gasteiger partial charge in [-0.05, 0) is 60.7 Å². The number of nitrogens with zero attached hydrogens (tertiary/aromatic N) is 2. The number of fused-ring (bicyclic) bond motifs is 1. The molecule has 6 nitrogen and oxygen atoms in total. The molecular formula is C26H28ClN5O. The Bertz CT molecular complexity index is 1240.